The van der Waals surface area contributed by atoms with E-state index in [1.54, 1.807) is 6.07 Å². The zero-order valence-electron chi connectivity index (χ0n) is 18.2. The van der Waals surface area contributed by atoms with Crippen LogP contribution in [0.15, 0.2) is 29.4 Å². The Labute approximate surface area is 186 Å². The second-order valence-electron chi connectivity index (χ2n) is 8.40. The van der Waals surface area contributed by atoms with E-state index in [-0.39, 0.29) is 17.5 Å². The van der Waals surface area contributed by atoms with Gasteiger partial charge in [0.1, 0.15) is 5.82 Å². The first-order chi connectivity index (χ1) is 15.0. The van der Waals surface area contributed by atoms with Crippen LogP contribution in [0.2, 0.25) is 0 Å². The topological polar surface area (TPSA) is 63.5 Å². The molecule has 0 atom stereocenters. The highest BCUT2D eigenvalue weighted by molar-refractivity contribution is 7.99. The number of aromatic nitrogens is 3. The predicted octanol–water partition coefficient (Wildman–Crippen LogP) is 3.37. The maximum Gasteiger partial charge on any atom is 0.233 e. The maximum atomic E-state index is 14.0. The lowest BCUT2D eigenvalue weighted by Gasteiger charge is -2.33. The van der Waals surface area contributed by atoms with Crippen LogP contribution in [0.3, 0.4) is 0 Å². The number of rotatable bonds is 6. The molecule has 1 aliphatic carbocycles. The molecule has 4 rings (SSSR count). The van der Waals surface area contributed by atoms with Gasteiger partial charge in [0.2, 0.25) is 11.9 Å². The van der Waals surface area contributed by atoms with E-state index in [0.29, 0.717) is 49.1 Å². The number of anilines is 1. The molecule has 168 valence electrons. The van der Waals surface area contributed by atoms with Crippen LogP contribution in [0, 0.1) is 11.7 Å². The lowest BCUT2D eigenvalue weighted by Crippen LogP contribution is -2.40. The van der Waals surface area contributed by atoms with Crippen LogP contribution < -0.4 is 4.90 Å². The van der Waals surface area contributed by atoms with Gasteiger partial charge in [-0.15, -0.1) is 10.2 Å². The monoisotopic (exact) mass is 447 g/mol. The lowest BCUT2D eigenvalue weighted by atomic mass is 9.87. The highest BCUT2D eigenvalue weighted by atomic mass is 32.2. The van der Waals surface area contributed by atoms with E-state index in [2.05, 4.69) is 22.0 Å². The van der Waals surface area contributed by atoms with Gasteiger partial charge in [0, 0.05) is 26.2 Å². The third kappa shape index (κ3) is 5.20. The van der Waals surface area contributed by atoms with E-state index in [0.717, 1.165) is 18.8 Å². The van der Waals surface area contributed by atoms with Crippen LogP contribution in [0.1, 0.15) is 32.6 Å². The SMILES string of the molecule is CC1CCC(N(C)C(=O)CSc2nnc(N3CCOCC3)n2-c2cccc(F)c2)CC1. The van der Waals surface area contributed by atoms with Crippen LogP contribution in [-0.4, -0.2) is 70.7 Å². The van der Waals surface area contributed by atoms with Gasteiger partial charge in [-0.2, -0.15) is 0 Å². The second kappa shape index (κ2) is 9.99. The smallest absolute Gasteiger partial charge is 0.233 e. The highest BCUT2D eigenvalue weighted by Gasteiger charge is 2.26. The van der Waals surface area contributed by atoms with Gasteiger partial charge in [-0.25, -0.2) is 4.39 Å². The van der Waals surface area contributed by atoms with Gasteiger partial charge in [0.15, 0.2) is 5.16 Å². The van der Waals surface area contributed by atoms with Crippen molar-refractivity contribution in [3.05, 3.63) is 30.1 Å². The molecule has 0 bridgehead atoms. The number of hydrogen-bond donors (Lipinski definition) is 0. The Balaban J connectivity index is 1.51. The number of nitrogens with zero attached hydrogens (tertiary/aromatic N) is 5. The second-order valence-corrected chi connectivity index (χ2v) is 9.35. The summed E-state index contributed by atoms with van der Waals surface area (Å²) >= 11 is 1.35. The van der Waals surface area contributed by atoms with Crippen LogP contribution in [0.5, 0.6) is 0 Å². The number of ether oxygens (including phenoxy) is 1. The first kappa shape index (κ1) is 22.1. The van der Waals surface area contributed by atoms with Gasteiger partial charge in [0.05, 0.1) is 24.7 Å². The lowest BCUT2D eigenvalue weighted by molar-refractivity contribution is -0.129. The fourth-order valence-electron chi connectivity index (χ4n) is 4.23. The average Bonchev–Trinajstić information content (AvgIpc) is 3.22. The molecular formula is C22H30FN5O2S. The number of morpholine rings is 1. The van der Waals surface area contributed by atoms with Gasteiger partial charge < -0.3 is 14.5 Å². The minimum Gasteiger partial charge on any atom is -0.378 e. The van der Waals surface area contributed by atoms with Crippen molar-refractivity contribution in [1.82, 2.24) is 19.7 Å². The molecule has 9 heteroatoms. The molecule has 31 heavy (non-hydrogen) atoms. The highest BCUT2D eigenvalue weighted by Crippen LogP contribution is 2.29. The quantitative estimate of drug-likeness (QED) is 0.633. The number of carbonyl (C=O) groups excluding carboxylic acids is 1. The summed E-state index contributed by atoms with van der Waals surface area (Å²) in [7, 11) is 1.90. The number of benzene rings is 1. The van der Waals surface area contributed by atoms with Gasteiger partial charge in [0.25, 0.3) is 0 Å². The summed E-state index contributed by atoms with van der Waals surface area (Å²) < 4.78 is 21.3. The van der Waals surface area contributed by atoms with Gasteiger partial charge >= 0.3 is 0 Å². The summed E-state index contributed by atoms with van der Waals surface area (Å²) in [6, 6.07) is 6.70. The zero-order valence-corrected chi connectivity index (χ0v) is 19.0. The Bertz CT molecular complexity index is 894. The van der Waals surface area contributed by atoms with Crippen molar-refractivity contribution in [2.75, 3.05) is 44.0 Å². The molecule has 0 radical (unpaired) electrons. The van der Waals surface area contributed by atoms with E-state index in [1.807, 2.05) is 22.6 Å². The third-order valence-electron chi connectivity index (χ3n) is 6.23. The number of amides is 1. The number of thioether (sulfide) groups is 1. The van der Waals surface area contributed by atoms with Crippen LogP contribution in [0.4, 0.5) is 10.3 Å². The summed E-state index contributed by atoms with van der Waals surface area (Å²) in [6.45, 7) is 4.89. The molecule has 7 nitrogen and oxygen atoms in total. The standard InChI is InChI=1S/C22H30FN5O2S/c1-16-6-8-18(9-7-16)26(2)20(29)15-31-22-25-24-21(27-10-12-30-13-11-27)28(22)19-5-3-4-17(23)14-19/h3-5,14,16,18H,6-13,15H2,1-2H3. The van der Waals surface area contributed by atoms with Crippen molar-refractivity contribution in [3.8, 4) is 5.69 Å². The van der Waals surface area contributed by atoms with E-state index in [4.69, 9.17) is 4.74 Å². The molecule has 1 amide bonds. The van der Waals surface area contributed by atoms with E-state index in [9.17, 15) is 9.18 Å². The average molecular weight is 448 g/mol. The zero-order chi connectivity index (χ0) is 21.8. The van der Waals surface area contributed by atoms with Crippen molar-refractivity contribution >= 4 is 23.6 Å². The summed E-state index contributed by atoms with van der Waals surface area (Å²) in [5, 5.41) is 9.32. The Kier molecular flexibility index (Phi) is 7.12. The number of hydrogen-bond acceptors (Lipinski definition) is 6. The maximum absolute atomic E-state index is 14.0. The molecule has 1 aromatic carbocycles. The van der Waals surface area contributed by atoms with Crippen molar-refractivity contribution in [2.45, 2.75) is 43.8 Å². The van der Waals surface area contributed by atoms with Gasteiger partial charge in [-0.3, -0.25) is 9.36 Å². The summed E-state index contributed by atoms with van der Waals surface area (Å²) in [5.41, 5.74) is 0.649. The Hall–Kier alpha value is -2.13. The van der Waals surface area contributed by atoms with Crippen molar-refractivity contribution in [3.63, 3.8) is 0 Å². The van der Waals surface area contributed by atoms with Crippen molar-refractivity contribution < 1.29 is 13.9 Å². The van der Waals surface area contributed by atoms with Crippen LogP contribution >= 0.6 is 11.8 Å². The van der Waals surface area contributed by atoms with Crippen molar-refractivity contribution in [2.24, 2.45) is 5.92 Å². The minimum absolute atomic E-state index is 0.0891. The van der Waals surface area contributed by atoms with Crippen LogP contribution in [0.25, 0.3) is 5.69 Å². The summed E-state index contributed by atoms with van der Waals surface area (Å²) in [4.78, 5) is 16.8. The van der Waals surface area contributed by atoms with Gasteiger partial charge in [-0.05, 0) is 49.8 Å². The minimum atomic E-state index is -0.322. The van der Waals surface area contributed by atoms with E-state index >= 15 is 0 Å². The normalized spacial score (nSPS) is 21.8. The molecule has 2 fully saturated rings. The fraction of sp³-hybridized carbons (Fsp3) is 0.591. The molecule has 0 N–H and O–H groups in total. The molecular weight excluding hydrogens is 417 g/mol. The molecule has 1 saturated heterocycles. The molecule has 0 spiro atoms. The molecule has 1 saturated carbocycles. The molecule has 1 aromatic heterocycles. The fourth-order valence-corrected chi connectivity index (χ4v) is 5.10. The van der Waals surface area contributed by atoms with E-state index < -0.39 is 0 Å². The first-order valence-corrected chi connectivity index (χ1v) is 11.9. The first-order valence-electron chi connectivity index (χ1n) is 11.0. The Morgan fingerprint density at radius 2 is 1.97 bits per heavy atom. The molecule has 1 aliphatic heterocycles. The Morgan fingerprint density at radius 1 is 1.23 bits per heavy atom. The number of halogens is 1. The number of carbonyl (C=O) groups is 1. The van der Waals surface area contributed by atoms with Crippen LogP contribution in [-0.2, 0) is 9.53 Å². The molecule has 2 heterocycles. The van der Waals surface area contributed by atoms with Gasteiger partial charge in [-0.1, -0.05) is 24.8 Å². The largest absolute Gasteiger partial charge is 0.378 e. The van der Waals surface area contributed by atoms with E-state index in [1.165, 1.54) is 36.7 Å². The summed E-state index contributed by atoms with van der Waals surface area (Å²) in [6.07, 6.45) is 4.47. The third-order valence-corrected chi connectivity index (χ3v) is 7.14. The predicted molar refractivity (Wildman–Crippen MR) is 119 cm³/mol. The van der Waals surface area contributed by atoms with Crippen molar-refractivity contribution in [1.29, 1.82) is 0 Å². The molecule has 2 aliphatic rings. The molecule has 0 unspecified atom stereocenters. The Morgan fingerprint density at radius 3 is 2.68 bits per heavy atom. The summed E-state index contributed by atoms with van der Waals surface area (Å²) in [5.74, 6) is 1.44. The molecule has 2 aromatic rings.